The first kappa shape index (κ1) is 13.5. The number of aromatic carboxylic acids is 1. The van der Waals surface area contributed by atoms with Gasteiger partial charge in [-0.05, 0) is 50.1 Å². The molecular weight excluding hydrogens is 244 g/mol. The van der Waals surface area contributed by atoms with Crippen LogP contribution in [0.5, 0.6) is 0 Å². The third kappa shape index (κ3) is 3.32. The first-order valence-electron chi connectivity index (χ1n) is 6.43. The molecule has 0 radical (unpaired) electrons. The molecule has 1 heterocycles. The zero-order valence-corrected chi connectivity index (χ0v) is 10.9. The number of amides is 1. The first-order chi connectivity index (χ1) is 9.08. The van der Waals surface area contributed by atoms with Crippen LogP contribution in [0.4, 0.5) is 5.69 Å². The van der Waals surface area contributed by atoms with Crippen molar-refractivity contribution in [3.63, 3.8) is 0 Å². The summed E-state index contributed by atoms with van der Waals surface area (Å²) < 4.78 is 0. The molecule has 1 atom stereocenters. The summed E-state index contributed by atoms with van der Waals surface area (Å²) in [6.45, 7) is 3.47. The SMILES string of the molecule is Cc1cc(C(=O)O)ccc1NC(=O)[C@H]1CCCNC1. The van der Waals surface area contributed by atoms with E-state index in [1.165, 1.54) is 6.07 Å². The lowest BCUT2D eigenvalue weighted by molar-refractivity contribution is -0.120. The van der Waals surface area contributed by atoms with Crippen LogP contribution in [0.2, 0.25) is 0 Å². The van der Waals surface area contributed by atoms with Crippen molar-refractivity contribution in [2.24, 2.45) is 5.92 Å². The average molecular weight is 262 g/mol. The van der Waals surface area contributed by atoms with E-state index in [1.54, 1.807) is 19.1 Å². The predicted octanol–water partition coefficient (Wildman–Crippen LogP) is 1.63. The highest BCUT2D eigenvalue weighted by molar-refractivity contribution is 5.94. The van der Waals surface area contributed by atoms with Crippen molar-refractivity contribution in [3.05, 3.63) is 29.3 Å². The van der Waals surface area contributed by atoms with E-state index >= 15 is 0 Å². The first-order valence-corrected chi connectivity index (χ1v) is 6.43. The third-order valence-corrected chi connectivity index (χ3v) is 3.40. The van der Waals surface area contributed by atoms with Gasteiger partial charge < -0.3 is 15.7 Å². The van der Waals surface area contributed by atoms with Crippen LogP contribution in [0.3, 0.4) is 0 Å². The van der Waals surface area contributed by atoms with Gasteiger partial charge in [-0.1, -0.05) is 0 Å². The molecule has 102 valence electrons. The van der Waals surface area contributed by atoms with E-state index in [0.717, 1.165) is 24.9 Å². The normalized spacial score (nSPS) is 18.9. The van der Waals surface area contributed by atoms with Crippen LogP contribution in [0, 0.1) is 12.8 Å². The average Bonchev–Trinajstić information content (AvgIpc) is 2.41. The van der Waals surface area contributed by atoms with Gasteiger partial charge in [-0.15, -0.1) is 0 Å². The number of rotatable bonds is 3. The van der Waals surface area contributed by atoms with E-state index < -0.39 is 5.97 Å². The molecule has 5 nitrogen and oxygen atoms in total. The van der Waals surface area contributed by atoms with Crippen molar-refractivity contribution in [1.29, 1.82) is 0 Å². The summed E-state index contributed by atoms with van der Waals surface area (Å²) in [5.41, 5.74) is 1.67. The van der Waals surface area contributed by atoms with Crippen LogP contribution >= 0.6 is 0 Å². The largest absolute Gasteiger partial charge is 0.478 e. The Bertz CT molecular complexity index is 493. The van der Waals surface area contributed by atoms with E-state index in [-0.39, 0.29) is 17.4 Å². The highest BCUT2D eigenvalue weighted by atomic mass is 16.4. The van der Waals surface area contributed by atoms with Gasteiger partial charge in [0, 0.05) is 12.2 Å². The maximum atomic E-state index is 12.1. The Morgan fingerprint density at radius 1 is 1.42 bits per heavy atom. The quantitative estimate of drug-likeness (QED) is 0.773. The van der Waals surface area contributed by atoms with Crippen molar-refractivity contribution in [3.8, 4) is 0 Å². The number of benzene rings is 1. The van der Waals surface area contributed by atoms with Crippen molar-refractivity contribution in [2.45, 2.75) is 19.8 Å². The summed E-state index contributed by atoms with van der Waals surface area (Å²) in [6, 6.07) is 4.72. The standard InChI is InChI=1S/C14H18N2O3/c1-9-7-10(14(18)19)4-5-12(9)16-13(17)11-3-2-6-15-8-11/h4-5,7,11,15H,2-3,6,8H2,1H3,(H,16,17)(H,18,19)/t11-/m0/s1. The molecule has 1 aliphatic heterocycles. The van der Waals surface area contributed by atoms with E-state index in [4.69, 9.17) is 5.11 Å². The Morgan fingerprint density at radius 3 is 2.79 bits per heavy atom. The van der Waals surface area contributed by atoms with Gasteiger partial charge in [0.05, 0.1) is 11.5 Å². The fourth-order valence-corrected chi connectivity index (χ4v) is 2.25. The zero-order valence-electron chi connectivity index (χ0n) is 10.9. The van der Waals surface area contributed by atoms with E-state index in [2.05, 4.69) is 10.6 Å². The lowest BCUT2D eigenvalue weighted by Crippen LogP contribution is -2.37. The third-order valence-electron chi connectivity index (χ3n) is 3.40. The molecule has 1 fully saturated rings. The van der Waals surface area contributed by atoms with Gasteiger partial charge in [-0.3, -0.25) is 4.79 Å². The molecule has 19 heavy (non-hydrogen) atoms. The summed E-state index contributed by atoms with van der Waals surface area (Å²) in [5, 5.41) is 15.0. The van der Waals surface area contributed by atoms with Crippen molar-refractivity contribution < 1.29 is 14.7 Å². The maximum absolute atomic E-state index is 12.1. The fraction of sp³-hybridized carbons (Fsp3) is 0.429. The van der Waals surface area contributed by atoms with Crippen LogP contribution < -0.4 is 10.6 Å². The Balaban J connectivity index is 2.06. The molecule has 0 spiro atoms. The van der Waals surface area contributed by atoms with Crippen molar-refractivity contribution in [2.75, 3.05) is 18.4 Å². The number of carboxylic acid groups (broad SMARTS) is 1. The number of hydrogen-bond donors (Lipinski definition) is 3. The molecule has 0 bridgehead atoms. The van der Waals surface area contributed by atoms with E-state index in [1.807, 2.05) is 0 Å². The highest BCUT2D eigenvalue weighted by Gasteiger charge is 2.21. The summed E-state index contributed by atoms with van der Waals surface area (Å²) in [4.78, 5) is 22.9. The van der Waals surface area contributed by atoms with Crippen LogP contribution in [-0.4, -0.2) is 30.1 Å². The number of aryl methyl sites for hydroxylation is 1. The van der Waals surface area contributed by atoms with Gasteiger partial charge >= 0.3 is 5.97 Å². The maximum Gasteiger partial charge on any atom is 0.335 e. The number of nitrogens with one attached hydrogen (secondary N) is 2. The minimum atomic E-state index is -0.961. The zero-order chi connectivity index (χ0) is 13.8. The van der Waals surface area contributed by atoms with E-state index in [9.17, 15) is 9.59 Å². The van der Waals surface area contributed by atoms with Gasteiger partial charge in [0.15, 0.2) is 0 Å². The van der Waals surface area contributed by atoms with Crippen LogP contribution in [0.1, 0.15) is 28.8 Å². The highest BCUT2D eigenvalue weighted by Crippen LogP contribution is 2.19. The Morgan fingerprint density at radius 2 is 2.21 bits per heavy atom. The van der Waals surface area contributed by atoms with Crippen LogP contribution in [-0.2, 0) is 4.79 Å². The molecule has 5 heteroatoms. The summed E-state index contributed by atoms with van der Waals surface area (Å²) in [5.74, 6) is -0.969. The molecule has 0 unspecified atom stereocenters. The molecule has 1 aromatic rings. The number of carboxylic acids is 1. The number of anilines is 1. The lowest BCUT2D eigenvalue weighted by Gasteiger charge is -2.22. The molecule has 1 aromatic carbocycles. The monoisotopic (exact) mass is 262 g/mol. The molecule has 0 aromatic heterocycles. The molecule has 1 saturated heterocycles. The lowest BCUT2D eigenvalue weighted by atomic mass is 9.98. The molecular formula is C14H18N2O3. The number of carbonyl (C=O) groups excluding carboxylic acids is 1. The van der Waals surface area contributed by atoms with Gasteiger partial charge in [0.25, 0.3) is 0 Å². The van der Waals surface area contributed by atoms with Crippen LogP contribution in [0.15, 0.2) is 18.2 Å². The minimum Gasteiger partial charge on any atom is -0.478 e. The number of carbonyl (C=O) groups is 2. The van der Waals surface area contributed by atoms with Gasteiger partial charge in [0.1, 0.15) is 0 Å². The Hall–Kier alpha value is -1.88. The van der Waals surface area contributed by atoms with Gasteiger partial charge in [-0.2, -0.15) is 0 Å². The predicted molar refractivity (Wildman–Crippen MR) is 72.4 cm³/mol. The summed E-state index contributed by atoms with van der Waals surface area (Å²) in [7, 11) is 0. The fourth-order valence-electron chi connectivity index (χ4n) is 2.25. The van der Waals surface area contributed by atoms with E-state index in [0.29, 0.717) is 12.2 Å². The number of hydrogen-bond acceptors (Lipinski definition) is 3. The molecule has 1 aliphatic rings. The topological polar surface area (TPSA) is 78.4 Å². The Labute approximate surface area is 112 Å². The second-order valence-electron chi connectivity index (χ2n) is 4.87. The molecule has 0 saturated carbocycles. The van der Waals surface area contributed by atoms with Gasteiger partial charge in [0.2, 0.25) is 5.91 Å². The molecule has 0 aliphatic carbocycles. The summed E-state index contributed by atoms with van der Waals surface area (Å²) in [6.07, 6.45) is 1.90. The van der Waals surface area contributed by atoms with Crippen molar-refractivity contribution >= 4 is 17.6 Å². The van der Waals surface area contributed by atoms with Crippen molar-refractivity contribution in [1.82, 2.24) is 5.32 Å². The van der Waals surface area contributed by atoms with Gasteiger partial charge in [-0.25, -0.2) is 4.79 Å². The second kappa shape index (κ2) is 5.84. The number of piperidine rings is 1. The second-order valence-corrected chi connectivity index (χ2v) is 4.87. The smallest absolute Gasteiger partial charge is 0.335 e. The molecule has 2 rings (SSSR count). The molecule has 1 amide bonds. The minimum absolute atomic E-state index is 0.00150. The summed E-state index contributed by atoms with van der Waals surface area (Å²) >= 11 is 0. The van der Waals surface area contributed by atoms with Crippen LogP contribution in [0.25, 0.3) is 0 Å². The Kier molecular flexibility index (Phi) is 4.16. The molecule has 3 N–H and O–H groups in total.